The van der Waals surface area contributed by atoms with E-state index in [0.29, 0.717) is 18.4 Å². The Morgan fingerprint density at radius 3 is 2.67 bits per heavy atom. The zero-order valence-corrected chi connectivity index (χ0v) is 12.9. The maximum atomic E-state index is 11.2. The van der Waals surface area contributed by atoms with E-state index in [9.17, 15) is 4.79 Å². The quantitative estimate of drug-likeness (QED) is 0.524. The molecule has 0 spiro atoms. The van der Waals surface area contributed by atoms with Crippen LogP contribution in [0.25, 0.3) is 0 Å². The lowest BCUT2D eigenvalue weighted by Crippen LogP contribution is -2.37. The highest BCUT2D eigenvalue weighted by Crippen LogP contribution is 2.21. The summed E-state index contributed by atoms with van der Waals surface area (Å²) in [6.45, 7) is 7.51. The highest BCUT2D eigenvalue weighted by Gasteiger charge is 2.17. The number of carbonyl (C=O) groups excluding carboxylic acids is 1. The molecule has 4 heteroatoms. The molecule has 0 saturated carbocycles. The lowest BCUT2D eigenvalue weighted by molar-refractivity contribution is 0.104. The topological polar surface area (TPSA) is 47.6 Å². The van der Waals surface area contributed by atoms with Crippen LogP contribution in [0, 0.1) is 0 Å². The summed E-state index contributed by atoms with van der Waals surface area (Å²) in [4.78, 5) is 11.2. The molecule has 0 saturated heterocycles. The number of benzene rings is 1. The van der Waals surface area contributed by atoms with E-state index < -0.39 is 6.16 Å². The molecule has 2 rings (SSSR count). The van der Waals surface area contributed by atoms with Crippen molar-refractivity contribution in [2.75, 3.05) is 13.2 Å². The summed E-state index contributed by atoms with van der Waals surface area (Å²) < 4.78 is 9.80. The molecule has 1 heterocycles. The van der Waals surface area contributed by atoms with Crippen molar-refractivity contribution in [2.45, 2.75) is 39.7 Å². The first-order valence-electron chi connectivity index (χ1n) is 7.43. The molecule has 1 N–H and O–H groups in total. The van der Waals surface area contributed by atoms with Crippen LogP contribution >= 0.6 is 0 Å². The van der Waals surface area contributed by atoms with Crippen molar-refractivity contribution in [3.05, 3.63) is 41.0 Å². The largest absolute Gasteiger partial charge is 0.513 e. The normalized spacial score (nSPS) is 18.5. The van der Waals surface area contributed by atoms with E-state index in [-0.39, 0.29) is 0 Å². The SMILES string of the molecule is CCOC(=O)Oc1ccc(CC2NCCC(C)=C2C)cc1. The Bertz CT molecular complexity index is 519. The van der Waals surface area contributed by atoms with Gasteiger partial charge in [0.25, 0.3) is 0 Å². The van der Waals surface area contributed by atoms with Crippen molar-refractivity contribution in [1.29, 1.82) is 0 Å². The van der Waals surface area contributed by atoms with E-state index in [1.807, 2.05) is 12.1 Å². The maximum absolute atomic E-state index is 11.2. The number of carbonyl (C=O) groups is 1. The van der Waals surface area contributed by atoms with Gasteiger partial charge in [-0.05, 0) is 57.9 Å². The van der Waals surface area contributed by atoms with Gasteiger partial charge >= 0.3 is 6.16 Å². The first-order chi connectivity index (χ1) is 10.1. The minimum atomic E-state index is -0.659. The Morgan fingerprint density at radius 2 is 2.00 bits per heavy atom. The van der Waals surface area contributed by atoms with Crippen LogP contribution in [0.1, 0.15) is 32.8 Å². The highest BCUT2D eigenvalue weighted by molar-refractivity contribution is 5.63. The average molecular weight is 289 g/mol. The van der Waals surface area contributed by atoms with Crippen molar-refractivity contribution < 1.29 is 14.3 Å². The minimum absolute atomic E-state index is 0.315. The summed E-state index contributed by atoms with van der Waals surface area (Å²) in [5, 5.41) is 3.55. The summed E-state index contributed by atoms with van der Waals surface area (Å²) in [5.41, 5.74) is 4.15. The molecule has 0 radical (unpaired) electrons. The minimum Gasteiger partial charge on any atom is -0.434 e. The molecule has 0 aliphatic carbocycles. The summed E-state index contributed by atoms with van der Waals surface area (Å²) in [6, 6.07) is 8.00. The summed E-state index contributed by atoms with van der Waals surface area (Å²) in [7, 11) is 0. The lowest BCUT2D eigenvalue weighted by Gasteiger charge is -2.27. The number of rotatable bonds is 4. The fourth-order valence-corrected chi connectivity index (χ4v) is 2.48. The Labute approximate surface area is 126 Å². The average Bonchev–Trinajstić information content (AvgIpc) is 2.46. The summed E-state index contributed by atoms with van der Waals surface area (Å²) in [6.07, 6.45) is 1.42. The standard InChI is InChI=1S/C17H23NO3/c1-4-20-17(19)21-15-7-5-14(6-8-15)11-16-13(3)12(2)9-10-18-16/h5-8,16,18H,4,9-11H2,1-3H3. The van der Waals surface area contributed by atoms with E-state index in [1.165, 1.54) is 16.7 Å². The molecule has 0 bridgehead atoms. The summed E-state index contributed by atoms with van der Waals surface area (Å²) >= 11 is 0. The highest BCUT2D eigenvalue weighted by atomic mass is 16.7. The lowest BCUT2D eigenvalue weighted by atomic mass is 9.92. The fourth-order valence-electron chi connectivity index (χ4n) is 2.48. The van der Waals surface area contributed by atoms with Crippen LogP contribution in [-0.4, -0.2) is 25.3 Å². The van der Waals surface area contributed by atoms with Gasteiger partial charge in [-0.1, -0.05) is 23.3 Å². The number of hydrogen-bond acceptors (Lipinski definition) is 4. The zero-order valence-electron chi connectivity index (χ0n) is 12.9. The Kier molecular flexibility index (Phi) is 5.39. The Hall–Kier alpha value is -1.81. The van der Waals surface area contributed by atoms with Crippen LogP contribution in [0.15, 0.2) is 35.4 Å². The smallest absolute Gasteiger partial charge is 0.434 e. The van der Waals surface area contributed by atoms with E-state index in [1.54, 1.807) is 19.1 Å². The van der Waals surface area contributed by atoms with Gasteiger partial charge < -0.3 is 14.8 Å². The molecule has 1 aliphatic heterocycles. The second-order valence-corrected chi connectivity index (χ2v) is 5.35. The second kappa shape index (κ2) is 7.27. The monoisotopic (exact) mass is 289 g/mol. The van der Waals surface area contributed by atoms with Crippen LogP contribution in [0.5, 0.6) is 5.75 Å². The molecule has 21 heavy (non-hydrogen) atoms. The van der Waals surface area contributed by atoms with Crippen molar-refractivity contribution in [1.82, 2.24) is 5.32 Å². The second-order valence-electron chi connectivity index (χ2n) is 5.35. The molecular formula is C17H23NO3. The van der Waals surface area contributed by atoms with Crippen LogP contribution < -0.4 is 10.1 Å². The van der Waals surface area contributed by atoms with Crippen LogP contribution in [0.3, 0.4) is 0 Å². The van der Waals surface area contributed by atoms with Gasteiger partial charge in [0.15, 0.2) is 0 Å². The molecule has 4 nitrogen and oxygen atoms in total. The molecule has 1 aliphatic rings. The molecule has 0 amide bonds. The van der Waals surface area contributed by atoms with Gasteiger partial charge in [0.05, 0.1) is 6.61 Å². The third-order valence-corrected chi connectivity index (χ3v) is 3.91. The zero-order chi connectivity index (χ0) is 15.2. The van der Waals surface area contributed by atoms with E-state index in [4.69, 9.17) is 9.47 Å². The molecule has 1 aromatic rings. The first kappa shape index (κ1) is 15.6. The van der Waals surface area contributed by atoms with Crippen molar-refractivity contribution in [3.63, 3.8) is 0 Å². The molecule has 0 fully saturated rings. The van der Waals surface area contributed by atoms with Crippen molar-refractivity contribution >= 4 is 6.16 Å². The van der Waals surface area contributed by atoms with Crippen molar-refractivity contribution in [3.8, 4) is 5.75 Å². The number of nitrogens with one attached hydrogen (secondary N) is 1. The predicted octanol–water partition coefficient (Wildman–Crippen LogP) is 3.46. The van der Waals surface area contributed by atoms with Crippen LogP contribution in [-0.2, 0) is 11.2 Å². The third kappa shape index (κ3) is 4.33. The summed E-state index contributed by atoms with van der Waals surface area (Å²) in [5.74, 6) is 0.511. The van der Waals surface area contributed by atoms with Gasteiger partial charge in [0.2, 0.25) is 0 Å². The molecule has 1 aromatic carbocycles. The number of ether oxygens (including phenoxy) is 2. The van der Waals surface area contributed by atoms with Crippen molar-refractivity contribution in [2.24, 2.45) is 0 Å². The predicted molar refractivity (Wildman–Crippen MR) is 82.6 cm³/mol. The van der Waals surface area contributed by atoms with Gasteiger partial charge in [-0.15, -0.1) is 0 Å². The first-order valence-corrected chi connectivity index (χ1v) is 7.43. The molecule has 114 valence electrons. The third-order valence-electron chi connectivity index (χ3n) is 3.91. The van der Waals surface area contributed by atoms with Gasteiger partial charge in [0.1, 0.15) is 5.75 Å². The molecule has 0 aromatic heterocycles. The molecule has 1 unspecified atom stereocenters. The van der Waals surface area contributed by atoms with E-state index in [2.05, 4.69) is 19.2 Å². The van der Waals surface area contributed by atoms with Gasteiger partial charge in [-0.2, -0.15) is 0 Å². The number of hydrogen-bond donors (Lipinski definition) is 1. The van der Waals surface area contributed by atoms with Gasteiger partial charge in [0, 0.05) is 6.04 Å². The fraction of sp³-hybridized carbons (Fsp3) is 0.471. The van der Waals surface area contributed by atoms with E-state index in [0.717, 1.165) is 19.4 Å². The molecular weight excluding hydrogens is 266 g/mol. The van der Waals surface area contributed by atoms with Crippen LogP contribution in [0.2, 0.25) is 0 Å². The Morgan fingerprint density at radius 1 is 1.29 bits per heavy atom. The van der Waals surface area contributed by atoms with Gasteiger partial charge in [-0.3, -0.25) is 0 Å². The Balaban J connectivity index is 1.96. The van der Waals surface area contributed by atoms with E-state index >= 15 is 0 Å². The van der Waals surface area contributed by atoms with Gasteiger partial charge in [-0.25, -0.2) is 4.79 Å². The van der Waals surface area contributed by atoms with Crippen LogP contribution in [0.4, 0.5) is 4.79 Å². The maximum Gasteiger partial charge on any atom is 0.513 e. The molecule has 1 atom stereocenters.